The summed E-state index contributed by atoms with van der Waals surface area (Å²) >= 11 is 0. The Morgan fingerprint density at radius 2 is 1.95 bits per heavy atom. The second kappa shape index (κ2) is 5.45. The number of methoxy groups -OCH3 is 1. The van der Waals surface area contributed by atoms with Crippen molar-refractivity contribution in [3.05, 3.63) is 35.2 Å². The van der Waals surface area contributed by atoms with Gasteiger partial charge in [0, 0.05) is 19.2 Å². The zero-order chi connectivity index (χ0) is 14.0. The number of ether oxygens (including phenoxy) is 1. The number of nitrogens with zero attached hydrogens (tertiary/aromatic N) is 2. The first-order valence-electron chi connectivity index (χ1n) is 6.40. The van der Waals surface area contributed by atoms with Crippen LogP contribution < -0.4 is 10.1 Å². The summed E-state index contributed by atoms with van der Waals surface area (Å²) in [5, 5.41) is 7.56. The molecule has 0 aliphatic carbocycles. The van der Waals surface area contributed by atoms with Gasteiger partial charge in [0.05, 0.1) is 19.0 Å². The summed E-state index contributed by atoms with van der Waals surface area (Å²) in [5.74, 6) is 0.931. The predicted octanol–water partition coefficient (Wildman–Crippen LogP) is 2.43. The molecular formula is C15H21N3O. The molecule has 0 aliphatic heterocycles. The van der Waals surface area contributed by atoms with E-state index >= 15 is 0 Å². The maximum absolute atomic E-state index is 5.37. The molecule has 0 unspecified atom stereocenters. The summed E-state index contributed by atoms with van der Waals surface area (Å²) in [6.07, 6.45) is 1.93. The minimum atomic E-state index is 0.802. The Labute approximate surface area is 114 Å². The second-order valence-electron chi connectivity index (χ2n) is 4.72. The van der Waals surface area contributed by atoms with Crippen molar-refractivity contribution in [2.24, 2.45) is 7.05 Å². The fourth-order valence-corrected chi connectivity index (χ4v) is 2.37. The van der Waals surface area contributed by atoms with Gasteiger partial charge in [0.25, 0.3) is 0 Å². The van der Waals surface area contributed by atoms with Gasteiger partial charge in [-0.05, 0) is 43.7 Å². The minimum Gasteiger partial charge on any atom is -0.496 e. The zero-order valence-electron chi connectivity index (χ0n) is 12.2. The van der Waals surface area contributed by atoms with Crippen LogP contribution in [-0.4, -0.2) is 23.9 Å². The molecule has 0 aliphatic rings. The van der Waals surface area contributed by atoms with Crippen LogP contribution in [-0.2, 0) is 13.6 Å². The molecule has 1 aromatic carbocycles. The highest BCUT2D eigenvalue weighted by Crippen LogP contribution is 2.32. The predicted molar refractivity (Wildman–Crippen MR) is 77.4 cm³/mol. The summed E-state index contributed by atoms with van der Waals surface area (Å²) in [5.41, 5.74) is 6.01. The van der Waals surface area contributed by atoms with Crippen molar-refractivity contribution < 1.29 is 4.74 Å². The molecule has 1 N–H and O–H groups in total. The van der Waals surface area contributed by atoms with Crippen molar-refractivity contribution >= 4 is 0 Å². The molecule has 0 amide bonds. The molecule has 4 nitrogen and oxygen atoms in total. The molecule has 0 spiro atoms. The van der Waals surface area contributed by atoms with E-state index in [-0.39, 0.29) is 0 Å². The topological polar surface area (TPSA) is 39.1 Å². The fourth-order valence-electron chi connectivity index (χ4n) is 2.37. The lowest BCUT2D eigenvalue weighted by molar-refractivity contribution is 0.411. The van der Waals surface area contributed by atoms with Gasteiger partial charge in [-0.25, -0.2) is 0 Å². The largest absolute Gasteiger partial charge is 0.496 e. The molecule has 1 aromatic heterocycles. The van der Waals surface area contributed by atoms with Crippen LogP contribution in [0.5, 0.6) is 5.75 Å². The highest BCUT2D eigenvalue weighted by atomic mass is 16.5. The third-order valence-corrected chi connectivity index (χ3v) is 3.65. The summed E-state index contributed by atoms with van der Waals surface area (Å²) in [7, 11) is 5.63. The second-order valence-corrected chi connectivity index (χ2v) is 4.72. The van der Waals surface area contributed by atoms with Crippen LogP contribution in [0.1, 0.15) is 16.8 Å². The van der Waals surface area contributed by atoms with Crippen molar-refractivity contribution in [3.8, 4) is 16.9 Å². The van der Waals surface area contributed by atoms with Gasteiger partial charge in [0.1, 0.15) is 5.75 Å². The van der Waals surface area contributed by atoms with E-state index < -0.39 is 0 Å². The van der Waals surface area contributed by atoms with Gasteiger partial charge >= 0.3 is 0 Å². The Kier molecular flexibility index (Phi) is 3.90. The summed E-state index contributed by atoms with van der Waals surface area (Å²) in [6, 6.07) is 4.13. The Hall–Kier alpha value is -1.81. The quantitative estimate of drug-likeness (QED) is 0.916. The van der Waals surface area contributed by atoms with Crippen molar-refractivity contribution in [1.82, 2.24) is 15.1 Å². The van der Waals surface area contributed by atoms with Crippen LogP contribution in [0, 0.1) is 13.8 Å². The van der Waals surface area contributed by atoms with Gasteiger partial charge in [-0.15, -0.1) is 0 Å². The number of rotatable bonds is 4. The van der Waals surface area contributed by atoms with E-state index in [1.54, 1.807) is 7.11 Å². The lowest BCUT2D eigenvalue weighted by Crippen LogP contribution is -2.11. The molecule has 2 aromatic rings. The Bertz CT molecular complexity index is 587. The summed E-state index contributed by atoms with van der Waals surface area (Å²) < 4.78 is 7.29. The molecular weight excluding hydrogens is 238 g/mol. The van der Waals surface area contributed by atoms with Crippen LogP contribution in [0.15, 0.2) is 18.3 Å². The first-order valence-corrected chi connectivity index (χ1v) is 6.40. The number of aromatic nitrogens is 2. The molecule has 0 atom stereocenters. The van der Waals surface area contributed by atoms with Crippen LogP contribution in [0.4, 0.5) is 0 Å². The molecule has 1 heterocycles. The summed E-state index contributed by atoms with van der Waals surface area (Å²) in [6.45, 7) is 5.02. The highest BCUT2D eigenvalue weighted by Gasteiger charge is 2.14. The standard InChI is InChI=1S/C15H21N3O/c1-10-11(2)15(19-5)7-6-12(10)13-8-17-18(4)14(13)9-16-3/h6-8,16H,9H2,1-5H3. The highest BCUT2D eigenvalue weighted by molar-refractivity contribution is 5.71. The van der Waals surface area contributed by atoms with Crippen molar-refractivity contribution in [2.45, 2.75) is 20.4 Å². The van der Waals surface area contributed by atoms with Gasteiger partial charge in [-0.2, -0.15) is 5.10 Å². The number of nitrogens with one attached hydrogen (secondary N) is 1. The number of hydrogen-bond donors (Lipinski definition) is 1. The first kappa shape index (κ1) is 13.6. The number of benzene rings is 1. The van der Waals surface area contributed by atoms with Gasteiger partial charge in [0.2, 0.25) is 0 Å². The minimum absolute atomic E-state index is 0.802. The molecule has 19 heavy (non-hydrogen) atoms. The monoisotopic (exact) mass is 259 g/mol. The van der Waals surface area contributed by atoms with E-state index in [2.05, 4.69) is 30.3 Å². The molecule has 0 radical (unpaired) electrons. The van der Waals surface area contributed by atoms with Gasteiger partial charge in [-0.1, -0.05) is 6.07 Å². The van der Waals surface area contributed by atoms with Crippen molar-refractivity contribution in [1.29, 1.82) is 0 Å². The smallest absolute Gasteiger partial charge is 0.122 e. The van der Waals surface area contributed by atoms with Gasteiger partial charge in [0.15, 0.2) is 0 Å². The van der Waals surface area contributed by atoms with Crippen LogP contribution in [0.25, 0.3) is 11.1 Å². The molecule has 2 rings (SSSR count). The molecule has 4 heteroatoms. The Balaban J connectivity index is 2.56. The lowest BCUT2D eigenvalue weighted by atomic mass is 9.96. The number of hydrogen-bond acceptors (Lipinski definition) is 3. The van der Waals surface area contributed by atoms with Crippen molar-refractivity contribution in [3.63, 3.8) is 0 Å². The average Bonchev–Trinajstić information content (AvgIpc) is 2.75. The maximum Gasteiger partial charge on any atom is 0.122 e. The van der Waals surface area contributed by atoms with Crippen LogP contribution >= 0.6 is 0 Å². The van der Waals surface area contributed by atoms with E-state index in [0.717, 1.165) is 12.3 Å². The van der Waals surface area contributed by atoms with Crippen molar-refractivity contribution in [2.75, 3.05) is 14.2 Å². The van der Waals surface area contributed by atoms with Gasteiger partial charge in [-0.3, -0.25) is 4.68 Å². The van der Waals surface area contributed by atoms with E-state index in [1.165, 1.54) is 27.9 Å². The zero-order valence-corrected chi connectivity index (χ0v) is 12.2. The Morgan fingerprint density at radius 3 is 2.58 bits per heavy atom. The fraction of sp³-hybridized carbons (Fsp3) is 0.400. The number of aryl methyl sites for hydroxylation is 1. The van der Waals surface area contributed by atoms with E-state index in [1.807, 2.05) is 31.0 Å². The molecule has 0 saturated carbocycles. The first-order chi connectivity index (χ1) is 9.10. The lowest BCUT2D eigenvalue weighted by Gasteiger charge is -2.13. The average molecular weight is 259 g/mol. The normalized spacial score (nSPS) is 10.8. The van der Waals surface area contributed by atoms with Crippen LogP contribution in [0.2, 0.25) is 0 Å². The molecule has 0 saturated heterocycles. The SMILES string of the molecule is CNCc1c(-c2ccc(OC)c(C)c2C)cnn1C. The molecule has 102 valence electrons. The van der Waals surface area contributed by atoms with E-state index in [4.69, 9.17) is 4.74 Å². The Morgan fingerprint density at radius 1 is 1.21 bits per heavy atom. The summed E-state index contributed by atoms with van der Waals surface area (Å²) in [4.78, 5) is 0. The third kappa shape index (κ3) is 2.36. The van der Waals surface area contributed by atoms with E-state index in [9.17, 15) is 0 Å². The third-order valence-electron chi connectivity index (χ3n) is 3.65. The maximum atomic E-state index is 5.37. The molecule has 0 fully saturated rings. The van der Waals surface area contributed by atoms with E-state index in [0.29, 0.717) is 0 Å². The molecule has 0 bridgehead atoms. The van der Waals surface area contributed by atoms with Gasteiger partial charge < -0.3 is 10.1 Å². The van der Waals surface area contributed by atoms with Crippen LogP contribution in [0.3, 0.4) is 0 Å².